The number of carbonyl (C=O) groups excluding carboxylic acids is 1. The third kappa shape index (κ3) is 17.9. The summed E-state index contributed by atoms with van der Waals surface area (Å²) < 4.78 is 5.10. The molecule has 0 atom stereocenters. The summed E-state index contributed by atoms with van der Waals surface area (Å²) in [5.41, 5.74) is 3.49. The van der Waals surface area contributed by atoms with Gasteiger partial charge in [0, 0.05) is 30.4 Å². The highest BCUT2D eigenvalue weighted by Gasteiger charge is 2.31. The molecule has 0 fully saturated rings. The third-order valence-corrected chi connectivity index (χ3v) is 8.16. The molecule has 0 radical (unpaired) electrons. The number of benzene rings is 2. The summed E-state index contributed by atoms with van der Waals surface area (Å²) >= 11 is 2.12. The molecular formula is C36H54N2O4S. The number of nitrogens with one attached hydrogen (secondary N) is 1. The molecule has 238 valence electrons. The highest BCUT2D eigenvalue weighted by atomic mass is 32.2. The smallest absolute Gasteiger partial charge is 0.322 e. The minimum atomic E-state index is -1.08. The average Bonchev–Trinajstić information content (AvgIpc) is 3.24. The summed E-state index contributed by atoms with van der Waals surface area (Å²) in [5.74, 6) is 0.355. The molecule has 2 aromatic rings. The number of hydrogen-bond acceptors (Lipinski definition) is 5. The van der Waals surface area contributed by atoms with Gasteiger partial charge in [0.05, 0.1) is 0 Å². The molecule has 6 nitrogen and oxygen atoms in total. The molecule has 1 aliphatic heterocycles. The van der Waals surface area contributed by atoms with E-state index in [1.165, 1.54) is 67.7 Å². The van der Waals surface area contributed by atoms with E-state index >= 15 is 0 Å². The number of terminal acetylenes is 2. The highest BCUT2D eigenvalue weighted by Crippen LogP contribution is 2.45. The number of rotatable bonds is 12. The van der Waals surface area contributed by atoms with E-state index in [0.717, 1.165) is 0 Å². The molecule has 0 unspecified atom stereocenters. The molecule has 1 aliphatic rings. The molecule has 0 bridgehead atoms. The predicted octanol–water partition coefficient (Wildman–Crippen LogP) is 7.95. The topological polar surface area (TPSA) is 78.9 Å². The SMILES string of the molecule is C#C.C#C.CC.CCCCC1(CCCC)CCc2cc(N(C)C)ccc2SC1.O=C(O)CNC(=O)COc1ccccc1. The second-order valence-electron chi connectivity index (χ2n) is 9.95. The van der Waals surface area contributed by atoms with Crippen LogP contribution < -0.4 is 15.0 Å². The number of fused-ring (bicyclic) bond motifs is 1. The molecule has 0 saturated carbocycles. The Morgan fingerprint density at radius 2 is 1.56 bits per heavy atom. The van der Waals surface area contributed by atoms with E-state index in [1.54, 1.807) is 29.8 Å². The Balaban J connectivity index is 0. The van der Waals surface area contributed by atoms with Crippen molar-refractivity contribution in [3.8, 4) is 31.4 Å². The maximum absolute atomic E-state index is 11.0. The van der Waals surface area contributed by atoms with Crippen LogP contribution in [-0.4, -0.2) is 50.0 Å². The lowest BCUT2D eigenvalue weighted by Crippen LogP contribution is -2.33. The van der Waals surface area contributed by atoms with Gasteiger partial charge in [-0.05, 0) is 67.0 Å². The number of carboxylic acids is 1. The Morgan fingerprint density at radius 3 is 2.07 bits per heavy atom. The number of aliphatic carboxylic acids is 1. The van der Waals surface area contributed by atoms with Crippen molar-refractivity contribution in [1.29, 1.82) is 0 Å². The molecule has 0 aliphatic carbocycles. The summed E-state index contributed by atoms with van der Waals surface area (Å²) in [5, 5.41) is 10.5. The van der Waals surface area contributed by atoms with Crippen molar-refractivity contribution in [3.05, 3.63) is 54.1 Å². The molecule has 2 aromatic carbocycles. The zero-order valence-electron chi connectivity index (χ0n) is 27.2. The first-order valence-corrected chi connectivity index (χ1v) is 16.0. The van der Waals surface area contributed by atoms with Crippen molar-refractivity contribution in [3.63, 3.8) is 0 Å². The van der Waals surface area contributed by atoms with Gasteiger partial charge in [-0.25, -0.2) is 0 Å². The number of thioether (sulfide) groups is 1. The van der Waals surface area contributed by atoms with Crippen LogP contribution in [0.1, 0.15) is 78.2 Å². The lowest BCUT2D eigenvalue weighted by atomic mass is 9.75. The molecule has 1 heterocycles. The van der Waals surface area contributed by atoms with Gasteiger partial charge in [-0.3, -0.25) is 9.59 Å². The number of anilines is 1. The summed E-state index contributed by atoms with van der Waals surface area (Å²) in [6, 6.07) is 15.9. The largest absolute Gasteiger partial charge is 0.484 e. The number of carboxylic acid groups (broad SMARTS) is 1. The van der Waals surface area contributed by atoms with Gasteiger partial charge in [0.2, 0.25) is 0 Å². The number of unbranched alkanes of at least 4 members (excludes halogenated alkanes) is 2. The molecule has 0 saturated heterocycles. The average molecular weight is 611 g/mol. The number of nitrogens with zero attached hydrogens (tertiary/aromatic N) is 1. The molecule has 0 aromatic heterocycles. The monoisotopic (exact) mass is 610 g/mol. The zero-order chi connectivity index (χ0) is 33.1. The fourth-order valence-electron chi connectivity index (χ4n) is 4.40. The fraction of sp³-hybridized carbons (Fsp3) is 0.500. The van der Waals surface area contributed by atoms with Gasteiger partial charge in [-0.1, -0.05) is 71.6 Å². The van der Waals surface area contributed by atoms with Crippen molar-refractivity contribution >= 4 is 29.3 Å². The molecule has 7 heteroatoms. The Kier molecular flexibility index (Phi) is 25.2. The second-order valence-corrected chi connectivity index (χ2v) is 11.0. The molecule has 1 amide bonds. The summed E-state index contributed by atoms with van der Waals surface area (Å²) in [6.45, 7) is 8.08. The quantitative estimate of drug-likeness (QED) is 0.238. The van der Waals surface area contributed by atoms with Crippen molar-refractivity contribution in [2.24, 2.45) is 5.41 Å². The number of aryl methyl sites for hydroxylation is 1. The zero-order valence-corrected chi connectivity index (χ0v) is 28.1. The van der Waals surface area contributed by atoms with Gasteiger partial charge in [0.1, 0.15) is 12.3 Å². The van der Waals surface area contributed by atoms with E-state index in [-0.39, 0.29) is 6.61 Å². The van der Waals surface area contributed by atoms with Crippen molar-refractivity contribution < 1.29 is 19.4 Å². The number of carbonyl (C=O) groups is 2. The number of amides is 1. The Hall–Kier alpha value is -3.55. The van der Waals surface area contributed by atoms with Crippen LogP contribution in [0.15, 0.2) is 53.4 Å². The second kappa shape index (κ2) is 26.1. The molecule has 3 rings (SSSR count). The number of para-hydroxylation sites is 1. The molecule has 0 spiro atoms. The van der Waals surface area contributed by atoms with E-state index in [0.29, 0.717) is 11.2 Å². The Morgan fingerprint density at radius 1 is 0.977 bits per heavy atom. The first-order valence-electron chi connectivity index (χ1n) is 15.0. The van der Waals surface area contributed by atoms with Gasteiger partial charge in [0.25, 0.3) is 5.91 Å². The van der Waals surface area contributed by atoms with E-state index in [4.69, 9.17) is 9.84 Å². The first-order chi connectivity index (χ1) is 20.8. The molecular weight excluding hydrogens is 556 g/mol. The van der Waals surface area contributed by atoms with E-state index in [2.05, 4.69) is 93.8 Å². The van der Waals surface area contributed by atoms with E-state index in [9.17, 15) is 9.59 Å². The van der Waals surface area contributed by atoms with Crippen LogP contribution in [0, 0.1) is 31.1 Å². The van der Waals surface area contributed by atoms with E-state index < -0.39 is 18.4 Å². The van der Waals surface area contributed by atoms with E-state index in [1.807, 2.05) is 19.9 Å². The number of ether oxygens (including phenoxy) is 1. The van der Waals surface area contributed by atoms with Gasteiger partial charge in [-0.2, -0.15) is 0 Å². The highest BCUT2D eigenvalue weighted by molar-refractivity contribution is 7.99. The maximum atomic E-state index is 11.0. The summed E-state index contributed by atoms with van der Waals surface area (Å²) in [4.78, 5) is 24.9. The third-order valence-electron chi connectivity index (χ3n) is 6.69. The van der Waals surface area contributed by atoms with Gasteiger partial charge >= 0.3 is 5.97 Å². The van der Waals surface area contributed by atoms with Crippen LogP contribution in [0.4, 0.5) is 5.69 Å². The molecule has 43 heavy (non-hydrogen) atoms. The van der Waals surface area contributed by atoms with Crippen LogP contribution in [0.5, 0.6) is 5.75 Å². The van der Waals surface area contributed by atoms with Crippen LogP contribution >= 0.6 is 11.8 Å². The predicted molar refractivity (Wildman–Crippen MR) is 185 cm³/mol. The van der Waals surface area contributed by atoms with Gasteiger partial charge in [0.15, 0.2) is 6.61 Å². The minimum absolute atomic E-state index is 0.183. The first kappa shape index (κ1) is 41.6. The maximum Gasteiger partial charge on any atom is 0.322 e. The Bertz CT molecular complexity index is 1040. The lowest BCUT2D eigenvalue weighted by molar-refractivity contribution is -0.138. The standard InChI is InChI=1S/C20H33NS.C10H11NO4.C2H6.2C2H2/c1-5-7-12-20(13-8-6-2)14-11-17-15-18(21(3)4)9-10-19(17)22-16-20;12-9(11-6-10(13)14)7-15-8-4-2-1-3-5-8;3*1-2/h9-10,15H,5-8,11-14,16H2,1-4H3;1-5H,6-7H2,(H,11,12)(H,13,14);1-2H3;2*1-2H. The van der Waals surface area contributed by atoms with Crippen molar-refractivity contribution in [2.75, 3.05) is 37.9 Å². The number of hydrogen-bond donors (Lipinski definition) is 2. The minimum Gasteiger partial charge on any atom is -0.484 e. The van der Waals surface area contributed by atoms with Gasteiger partial charge in [-0.15, -0.1) is 37.5 Å². The normalized spacial score (nSPS) is 12.1. The lowest BCUT2D eigenvalue weighted by Gasteiger charge is -2.32. The summed E-state index contributed by atoms with van der Waals surface area (Å²) in [6.07, 6.45) is 26.9. The fourth-order valence-corrected chi connectivity index (χ4v) is 5.80. The summed E-state index contributed by atoms with van der Waals surface area (Å²) in [7, 11) is 4.27. The van der Waals surface area contributed by atoms with Crippen molar-refractivity contribution in [2.45, 2.75) is 84.0 Å². The van der Waals surface area contributed by atoms with Crippen LogP contribution in [0.2, 0.25) is 0 Å². The Labute approximate surface area is 266 Å². The van der Waals surface area contributed by atoms with Crippen LogP contribution in [0.3, 0.4) is 0 Å². The van der Waals surface area contributed by atoms with Gasteiger partial charge < -0.3 is 20.1 Å². The van der Waals surface area contributed by atoms with Crippen LogP contribution in [-0.2, 0) is 16.0 Å². The van der Waals surface area contributed by atoms with Crippen LogP contribution in [0.25, 0.3) is 0 Å². The molecule has 2 N–H and O–H groups in total. The van der Waals surface area contributed by atoms with Crippen molar-refractivity contribution in [1.82, 2.24) is 5.32 Å².